The Morgan fingerprint density at radius 1 is 1.18 bits per heavy atom. The third-order valence-corrected chi connectivity index (χ3v) is 3.15. The lowest BCUT2D eigenvalue weighted by molar-refractivity contribution is 0.814. The second-order valence-electron chi connectivity index (χ2n) is 4.49. The van der Waals surface area contributed by atoms with Crippen LogP contribution in [0.2, 0.25) is 0 Å². The Hall–Kier alpha value is -2.03. The molecule has 0 aliphatic heterocycles. The number of aromatic amines is 2. The zero-order valence-electron chi connectivity index (χ0n) is 9.99. The summed E-state index contributed by atoms with van der Waals surface area (Å²) in [4.78, 5) is 11.1. The molecule has 1 unspecified atom stereocenters. The molecule has 0 bridgehead atoms. The van der Waals surface area contributed by atoms with Crippen molar-refractivity contribution in [1.29, 1.82) is 0 Å². The van der Waals surface area contributed by atoms with Gasteiger partial charge in [-0.1, -0.05) is 18.2 Å². The molecule has 2 N–H and O–H groups in total. The standard InChI is InChI=1S/C14H15N3/c1-9-8-15-14(16-9)10(2)13-7-11-5-3-4-6-12(11)17-13/h3-8,10,17H,1-2H3,(H,15,16). The van der Waals surface area contributed by atoms with Crippen LogP contribution in [0.4, 0.5) is 0 Å². The predicted molar refractivity (Wildman–Crippen MR) is 69.1 cm³/mol. The Labute approximate surface area is 99.9 Å². The Morgan fingerprint density at radius 3 is 2.71 bits per heavy atom. The van der Waals surface area contributed by atoms with E-state index in [2.05, 4.69) is 46.1 Å². The minimum absolute atomic E-state index is 0.260. The number of imidazole rings is 1. The molecule has 3 heteroatoms. The van der Waals surface area contributed by atoms with E-state index in [1.807, 2.05) is 19.2 Å². The highest BCUT2D eigenvalue weighted by Crippen LogP contribution is 2.24. The van der Waals surface area contributed by atoms with Gasteiger partial charge < -0.3 is 9.97 Å². The summed E-state index contributed by atoms with van der Waals surface area (Å²) in [5.74, 6) is 1.27. The highest BCUT2D eigenvalue weighted by Gasteiger charge is 2.13. The summed E-state index contributed by atoms with van der Waals surface area (Å²) in [6.07, 6.45) is 1.87. The van der Waals surface area contributed by atoms with Crippen LogP contribution in [0.15, 0.2) is 36.5 Å². The van der Waals surface area contributed by atoms with Crippen LogP contribution in [0.1, 0.15) is 30.1 Å². The minimum Gasteiger partial charge on any atom is -0.358 e. The maximum atomic E-state index is 4.39. The van der Waals surface area contributed by atoms with E-state index in [4.69, 9.17) is 0 Å². The topological polar surface area (TPSA) is 44.5 Å². The van der Waals surface area contributed by atoms with E-state index < -0.39 is 0 Å². The summed E-state index contributed by atoms with van der Waals surface area (Å²) >= 11 is 0. The second kappa shape index (κ2) is 3.77. The van der Waals surface area contributed by atoms with Gasteiger partial charge in [-0.15, -0.1) is 0 Å². The monoisotopic (exact) mass is 225 g/mol. The summed E-state index contributed by atoms with van der Waals surface area (Å²) in [5.41, 5.74) is 3.47. The van der Waals surface area contributed by atoms with Crippen molar-refractivity contribution in [3.8, 4) is 0 Å². The molecule has 0 radical (unpaired) electrons. The van der Waals surface area contributed by atoms with Crippen molar-refractivity contribution >= 4 is 10.9 Å². The first-order valence-electron chi connectivity index (χ1n) is 5.83. The number of hydrogen-bond acceptors (Lipinski definition) is 1. The van der Waals surface area contributed by atoms with Gasteiger partial charge in [-0.3, -0.25) is 0 Å². The number of aromatic nitrogens is 3. The number of H-pyrrole nitrogens is 2. The summed E-state index contributed by atoms with van der Waals surface area (Å²) in [6, 6.07) is 10.5. The van der Waals surface area contributed by atoms with Gasteiger partial charge in [-0.05, 0) is 31.4 Å². The first-order valence-corrected chi connectivity index (χ1v) is 5.83. The number of nitrogens with zero attached hydrogens (tertiary/aromatic N) is 1. The van der Waals surface area contributed by atoms with Crippen LogP contribution in [-0.4, -0.2) is 15.0 Å². The summed E-state index contributed by atoms with van der Waals surface area (Å²) in [5, 5.41) is 1.25. The Kier molecular flexibility index (Phi) is 2.25. The number of para-hydroxylation sites is 1. The molecular weight excluding hydrogens is 210 g/mol. The van der Waals surface area contributed by atoms with Crippen molar-refractivity contribution in [1.82, 2.24) is 15.0 Å². The lowest BCUT2D eigenvalue weighted by atomic mass is 10.1. The van der Waals surface area contributed by atoms with Gasteiger partial charge in [0, 0.05) is 23.1 Å². The van der Waals surface area contributed by atoms with Gasteiger partial charge in [0.1, 0.15) is 5.82 Å². The summed E-state index contributed by atoms with van der Waals surface area (Å²) in [6.45, 7) is 4.18. The molecular formula is C14H15N3. The zero-order valence-corrected chi connectivity index (χ0v) is 9.99. The highest BCUT2D eigenvalue weighted by molar-refractivity contribution is 5.80. The molecule has 1 aromatic carbocycles. The van der Waals surface area contributed by atoms with Crippen molar-refractivity contribution in [3.63, 3.8) is 0 Å². The van der Waals surface area contributed by atoms with E-state index in [1.165, 1.54) is 16.6 Å². The van der Waals surface area contributed by atoms with Gasteiger partial charge in [0.25, 0.3) is 0 Å². The molecule has 0 fully saturated rings. The molecule has 17 heavy (non-hydrogen) atoms. The Morgan fingerprint density at radius 2 is 2.00 bits per heavy atom. The van der Waals surface area contributed by atoms with Crippen LogP contribution in [-0.2, 0) is 0 Å². The van der Waals surface area contributed by atoms with Crippen molar-refractivity contribution in [2.45, 2.75) is 19.8 Å². The second-order valence-corrected chi connectivity index (χ2v) is 4.49. The smallest absolute Gasteiger partial charge is 0.115 e. The summed E-state index contributed by atoms with van der Waals surface area (Å²) in [7, 11) is 0. The van der Waals surface area contributed by atoms with Gasteiger partial charge in [-0.25, -0.2) is 4.98 Å². The maximum absolute atomic E-state index is 4.39. The van der Waals surface area contributed by atoms with Gasteiger partial charge in [-0.2, -0.15) is 0 Å². The molecule has 2 heterocycles. The van der Waals surface area contributed by atoms with Gasteiger partial charge in [0.15, 0.2) is 0 Å². The number of benzene rings is 1. The van der Waals surface area contributed by atoms with E-state index in [0.717, 1.165) is 11.5 Å². The average Bonchev–Trinajstić information content (AvgIpc) is 2.93. The fourth-order valence-electron chi connectivity index (χ4n) is 2.13. The number of rotatable bonds is 2. The molecule has 0 spiro atoms. The first-order chi connectivity index (χ1) is 8.24. The fourth-order valence-corrected chi connectivity index (χ4v) is 2.13. The summed E-state index contributed by atoms with van der Waals surface area (Å²) < 4.78 is 0. The van der Waals surface area contributed by atoms with Crippen LogP contribution in [0, 0.1) is 6.92 Å². The molecule has 0 amide bonds. The highest BCUT2D eigenvalue weighted by atomic mass is 14.9. The molecule has 0 aliphatic carbocycles. The molecule has 3 nitrogen and oxygen atoms in total. The van der Waals surface area contributed by atoms with E-state index in [9.17, 15) is 0 Å². The lowest BCUT2D eigenvalue weighted by Crippen LogP contribution is -1.98. The zero-order chi connectivity index (χ0) is 11.8. The quantitative estimate of drug-likeness (QED) is 0.690. The third-order valence-electron chi connectivity index (χ3n) is 3.15. The minimum atomic E-state index is 0.260. The molecule has 1 atom stereocenters. The number of fused-ring (bicyclic) bond motifs is 1. The van der Waals surface area contributed by atoms with Crippen LogP contribution in [0.25, 0.3) is 10.9 Å². The van der Waals surface area contributed by atoms with Crippen LogP contribution in [0.5, 0.6) is 0 Å². The van der Waals surface area contributed by atoms with Crippen LogP contribution in [0.3, 0.4) is 0 Å². The molecule has 0 saturated carbocycles. The molecule has 86 valence electrons. The number of aryl methyl sites for hydroxylation is 1. The van der Waals surface area contributed by atoms with E-state index in [1.54, 1.807) is 0 Å². The van der Waals surface area contributed by atoms with E-state index >= 15 is 0 Å². The maximum Gasteiger partial charge on any atom is 0.115 e. The molecule has 3 aromatic rings. The molecule has 2 aromatic heterocycles. The normalized spacial score (nSPS) is 13.1. The average molecular weight is 225 g/mol. The Balaban J connectivity index is 2.03. The molecule has 3 rings (SSSR count). The fraction of sp³-hybridized carbons (Fsp3) is 0.214. The number of hydrogen-bond donors (Lipinski definition) is 2. The first kappa shape index (κ1) is 10.1. The Bertz CT molecular complexity index is 615. The van der Waals surface area contributed by atoms with Crippen molar-refractivity contribution in [2.75, 3.05) is 0 Å². The number of nitrogens with one attached hydrogen (secondary N) is 2. The molecule has 0 aliphatic rings. The largest absolute Gasteiger partial charge is 0.358 e. The van der Waals surface area contributed by atoms with Crippen molar-refractivity contribution < 1.29 is 0 Å². The van der Waals surface area contributed by atoms with Crippen LogP contribution < -0.4 is 0 Å². The molecule has 0 saturated heterocycles. The lowest BCUT2D eigenvalue weighted by Gasteiger charge is -2.05. The van der Waals surface area contributed by atoms with Gasteiger partial charge in [0.2, 0.25) is 0 Å². The van der Waals surface area contributed by atoms with Crippen molar-refractivity contribution in [3.05, 3.63) is 53.7 Å². The SMILES string of the molecule is Cc1cnc(C(C)c2cc3ccccc3[nH]2)[nH]1. The van der Waals surface area contributed by atoms with Gasteiger partial charge in [0.05, 0.1) is 5.92 Å². The van der Waals surface area contributed by atoms with E-state index in [0.29, 0.717) is 0 Å². The van der Waals surface area contributed by atoms with Crippen molar-refractivity contribution in [2.24, 2.45) is 0 Å². The van der Waals surface area contributed by atoms with Gasteiger partial charge >= 0.3 is 0 Å². The van der Waals surface area contributed by atoms with E-state index in [-0.39, 0.29) is 5.92 Å². The van der Waals surface area contributed by atoms with Crippen LogP contribution >= 0.6 is 0 Å². The third kappa shape index (κ3) is 1.73. The predicted octanol–water partition coefficient (Wildman–Crippen LogP) is 3.35.